The highest BCUT2D eigenvalue weighted by Gasteiger charge is 2.42. The molecule has 1 spiro atoms. The number of hydrogen-bond donors (Lipinski definition) is 0. The number of halogens is 1. The third-order valence-electron chi connectivity index (χ3n) is 5.45. The highest BCUT2D eigenvalue weighted by Crippen LogP contribution is 2.36. The lowest BCUT2D eigenvalue weighted by Crippen LogP contribution is -2.52. The summed E-state index contributed by atoms with van der Waals surface area (Å²) in [6, 6.07) is 5.11. The minimum absolute atomic E-state index is 0.00328. The molecule has 0 saturated carbocycles. The van der Waals surface area contributed by atoms with Crippen LogP contribution in [-0.2, 0) is 9.53 Å². The maximum absolute atomic E-state index is 13.2. The lowest BCUT2D eigenvalue weighted by atomic mass is 9.93. The van der Waals surface area contributed by atoms with Gasteiger partial charge in [-0.15, -0.1) is 0 Å². The van der Waals surface area contributed by atoms with Gasteiger partial charge < -0.3 is 19.3 Å². The van der Waals surface area contributed by atoms with Crippen LogP contribution < -0.4 is 4.74 Å². The highest BCUT2D eigenvalue weighted by molar-refractivity contribution is 6.31. The molecule has 7 heteroatoms. The lowest BCUT2D eigenvalue weighted by molar-refractivity contribution is -0.131. The van der Waals surface area contributed by atoms with Crippen molar-refractivity contribution in [3.63, 3.8) is 0 Å². The van der Waals surface area contributed by atoms with E-state index in [1.807, 2.05) is 4.90 Å². The summed E-state index contributed by atoms with van der Waals surface area (Å²) in [5.41, 5.74) is -0.0896. The number of likely N-dealkylation sites (tertiary alicyclic amines) is 1. The summed E-state index contributed by atoms with van der Waals surface area (Å²) in [4.78, 5) is 29.3. The van der Waals surface area contributed by atoms with Gasteiger partial charge in [-0.25, -0.2) is 0 Å². The second-order valence-corrected chi connectivity index (χ2v) is 7.72. The van der Waals surface area contributed by atoms with Crippen molar-refractivity contribution in [2.24, 2.45) is 0 Å². The first-order valence-corrected chi connectivity index (χ1v) is 9.58. The Bertz CT molecular complexity index is 711. The number of carbonyl (C=O) groups is 2. The molecule has 0 unspecified atom stereocenters. The maximum Gasteiger partial charge on any atom is 0.258 e. The first kappa shape index (κ1) is 17.6. The minimum atomic E-state index is -0.516. The van der Waals surface area contributed by atoms with Crippen LogP contribution in [-0.4, -0.2) is 66.6 Å². The number of nitrogens with zero attached hydrogens (tertiary/aromatic N) is 2. The van der Waals surface area contributed by atoms with Crippen molar-refractivity contribution in [2.45, 2.75) is 31.3 Å². The average Bonchev–Trinajstić information content (AvgIpc) is 3.15. The van der Waals surface area contributed by atoms with Crippen molar-refractivity contribution in [1.82, 2.24) is 9.80 Å². The standard InChI is InChI=1S/C19H23ClN2O4/c20-14-3-4-16-15(11-14)18(24)22(12-17(23)21-7-1-2-8-21)13-19(26-16)5-9-25-10-6-19/h3-4,11H,1-2,5-10,12-13H2. The second kappa shape index (κ2) is 7.08. The van der Waals surface area contributed by atoms with Crippen LogP contribution in [0.1, 0.15) is 36.0 Å². The number of carbonyl (C=O) groups excluding carboxylic acids is 2. The summed E-state index contributed by atoms with van der Waals surface area (Å²) in [6.45, 7) is 3.20. The van der Waals surface area contributed by atoms with Gasteiger partial charge in [0.05, 0.1) is 25.3 Å². The number of fused-ring (bicyclic) bond motifs is 1. The summed E-state index contributed by atoms with van der Waals surface area (Å²) >= 11 is 6.11. The fourth-order valence-corrected chi connectivity index (χ4v) is 4.15. The van der Waals surface area contributed by atoms with Crippen LogP contribution in [0.3, 0.4) is 0 Å². The molecular formula is C19H23ClN2O4. The smallest absolute Gasteiger partial charge is 0.258 e. The molecule has 3 aliphatic rings. The van der Waals surface area contributed by atoms with Crippen molar-refractivity contribution in [3.8, 4) is 5.75 Å². The van der Waals surface area contributed by atoms with Gasteiger partial charge in [0.2, 0.25) is 5.91 Å². The van der Waals surface area contributed by atoms with Crippen molar-refractivity contribution < 1.29 is 19.1 Å². The van der Waals surface area contributed by atoms with Gasteiger partial charge in [0.1, 0.15) is 17.9 Å². The van der Waals surface area contributed by atoms with Crippen LogP contribution in [0.5, 0.6) is 5.75 Å². The second-order valence-electron chi connectivity index (χ2n) is 7.29. The maximum atomic E-state index is 13.2. The number of amides is 2. The van der Waals surface area contributed by atoms with E-state index in [0.717, 1.165) is 25.9 Å². The Morgan fingerprint density at radius 2 is 1.92 bits per heavy atom. The quantitative estimate of drug-likeness (QED) is 0.792. The topological polar surface area (TPSA) is 59.1 Å². The third kappa shape index (κ3) is 3.40. The zero-order chi connectivity index (χ0) is 18.1. The molecule has 2 amide bonds. The SMILES string of the molecule is O=C(CN1CC2(CCOCC2)Oc2ccc(Cl)cc2C1=O)N1CCCC1. The Balaban J connectivity index is 1.65. The van der Waals surface area contributed by atoms with E-state index >= 15 is 0 Å². The molecule has 0 radical (unpaired) electrons. The molecule has 6 nitrogen and oxygen atoms in total. The van der Waals surface area contributed by atoms with E-state index in [-0.39, 0.29) is 18.4 Å². The van der Waals surface area contributed by atoms with Gasteiger partial charge in [0.25, 0.3) is 5.91 Å². The van der Waals surface area contributed by atoms with Crippen molar-refractivity contribution >= 4 is 23.4 Å². The van der Waals surface area contributed by atoms with Crippen molar-refractivity contribution in [3.05, 3.63) is 28.8 Å². The summed E-state index contributed by atoms with van der Waals surface area (Å²) in [6.07, 6.45) is 3.44. The lowest BCUT2D eigenvalue weighted by Gasteiger charge is -2.39. The van der Waals surface area contributed by atoms with Crippen LogP contribution in [0.25, 0.3) is 0 Å². The first-order chi connectivity index (χ1) is 12.6. The fraction of sp³-hybridized carbons (Fsp3) is 0.579. The van der Waals surface area contributed by atoms with Crippen LogP contribution in [0.2, 0.25) is 5.02 Å². The molecule has 1 aromatic rings. The molecule has 0 bridgehead atoms. The normalized spacial score (nSPS) is 22.1. The number of hydrogen-bond acceptors (Lipinski definition) is 4. The summed E-state index contributed by atoms with van der Waals surface area (Å²) in [7, 11) is 0. The number of ether oxygens (including phenoxy) is 2. The Labute approximate surface area is 158 Å². The Morgan fingerprint density at radius 1 is 1.19 bits per heavy atom. The monoisotopic (exact) mass is 378 g/mol. The minimum Gasteiger partial charge on any atom is -0.484 e. The van der Waals surface area contributed by atoms with Crippen molar-refractivity contribution in [2.75, 3.05) is 39.4 Å². The Kier molecular flexibility index (Phi) is 4.80. The first-order valence-electron chi connectivity index (χ1n) is 9.20. The van der Waals surface area contributed by atoms with Gasteiger partial charge in [-0.05, 0) is 31.0 Å². The van der Waals surface area contributed by atoms with Gasteiger partial charge in [0.15, 0.2) is 0 Å². The number of rotatable bonds is 2. The molecule has 4 rings (SSSR count). The van der Waals surface area contributed by atoms with Crippen LogP contribution >= 0.6 is 11.6 Å². The molecule has 2 fully saturated rings. The third-order valence-corrected chi connectivity index (χ3v) is 5.69. The molecule has 0 aliphatic carbocycles. The zero-order valence-corrected chi connectivity index (χ0v) is 15.5. The van der Waals surface area contributed by atoms with E-state index in [1.165, 1.54) is 0 Å². The van der Waals surface area contributed by atoms with E-state index in [9.17, 15) is 9.59 Å². The van der Waals surface area contributed by atoms with Gasteiger partial charge in [-0.2, -0.15) is 0 Å². The zero-order valence-electron chi connectivity index (χ0n) is 14.7. The molecule has 1 aromatic carbocycles. The molecule has 140 valence electrons. The molecule has 3 aliphatic heterocycles. The van der Waals surface area contributed by atoms with E-state index in [4.69, 9.17) is 21.1 Å². The number of benzene rings is 1. The van der Waals surface area contributed by atoms with Crippen LogP contribution in [0.4, 0.5) is 0 Å². The van der Waals surface area contributed by atoms with E-state index in [1.54, 1.807) is 23.1 Å². The summed E-state index contributed by atoms with van der Waals surface area (Å²) in [5.74, 6) is 0.347. The Morgan fingerprint density at radius 3 is 2.65 bits per heavy atom. The van der Waals surface area contributed by atoms with E-state index < -0.39 is 5.60 Å². The van der Waals surface area contributed by atoms with Gasteiger partial charge >= 0.3 is 0 Å². The largest absolute Gasteiger partial charge is 0.484 e. The Hall–Kier alpha value is -1.79. The molecule has 2 saturated heterocycles. The fourth-order valence-electron chi connectivity index (χ4n) is 3.97. The van der Waals surface area contributed by atoms with Gasteiger partial charge in [0, 0.05) is 31.0 Å². The van der Waals surface area contributed by atoms with Gasteiger partial charge in [-0.1, -0.05) is 11.6 Å². The van der Waals surface area contributed by atoms with Crippen LogP contribution in [0.15, 0.2) is 18.2 Å². The molecule has 0 atom stereocenters. The molecule has 0 N–H and O–H groups in total. The molecule has 3 heterocycles. The van der Waals surface area contributed by atoms with Gasteiger partial charge in [-0.3, -0.25) is 9.59 Å². The van der Waals surface area contributed by atoms with Crippen molar-refractivity contribution in [1.29, 1.82) is 0 Å². The predicted molar refractivity (Wildman–Crippen MR) is 96.6 cm³/mol. The van der Waals surface area contributed by atoms with E-state index in [2.05, 4.69) is 0 Å². The predicted octanol–water partition coefficient (Wildman–Crippen LogP) is 2.35. The average molecular weight is 379 g/mol. The summed E-state index contributed by atoms with van der Waals surface area (Å²) in [5, 5.41) is 0.481. The van der Waals surface area contributed by atoms with Crippen LogP contribution in [0, 0.1) is 0 Å². The highest BCUT2D eigenvalue weighted by atomic mass is 35.5. The molecule has 0 aromatic heterocycles. The summed E-state index contributed by atoms with van der Waals surface area (Å²) < 4.78 is 11.8. The van der Waals surface area contributed by atoms with E-state index in [0.29, 0.717) is 48.9 Å². The molecule has 26 heavy (non-hydrogen) atoms. The molecular weight excluding hydrogens is 356 g/mol.